The van der Waals surface area contributed by atoms with Crippen molar-refractivity contribution in [1.29, 1.82) is 0 Å². The van der Waals surface area contributed by atoms with Crippen molar-refractivity contribution in [2.45, 2.75) is 45.7 Å². The van der Waals surface area contributed by atoms with E-state index in [2.05, 4.69) is 23.8 Å². The fourth-order valence-electron chi connectivity index (χ4n) is 3.86. The molecule has 1 aromatic heterocycles. The van der Waals surface area contributed by atoms with E-state index in [1.165, 1.54) is 5.56 Å². The van der Waals surface area contributed by atoms with Crippen molar-refractivity contribution in [3.63, 3.8) is 0 Å². The zero-order chi connectivity index (χ0) is 16.6. The van der Waals surface area contributed by atoms with Crippen LogP contribution in [0.4, 0.5) is 0 Å². The molecule has 0 bridgehead atoms. The second-order valence-corrected chi connectivity index (χ2v) is 6.89. The van der Waals surface area contributed by atoms with Crippen LogP contribution in [0.5, 0.6) is 0 Å². The fourth-order valence-corrected chi connectivity index (χ4v) is 3.86. The summed E-state index contributed by atoms with van der Waals surface area (Å²) in [6.07, 6.45) is 1.35. The van der Waals surface area contributed by atoms with Gasteiger partial charge in [-0.2, -0.15) is 5.10 Å². The van der Waals surface area contributed by atoms with Crippen LogP contribution in [0.15, 0.2) is 0 Å². The van der Waals surface area contributed by atoms with E-state index in [1.807, 2.05) is 23.6 Å². The number of nitrogens with zero attached hydrogens (tertiary/aromatic N) is 4. The summed E-state index contributed by atoms with van der Waals surface area (Å²) in [4.78, 5) is 17.1. The van der Waals surface area contributed by atoms with Crippen molar-refractivity contribution >= 4 is 5.91 Å². The molecule has 2 aliphatic heterocycles. The predicted octanol–water partition coefficient (Wildman–Crippen LogP) is 0.901. The van der Waals surface area contributed by atoms with Crippen molar-refractivity contribution in [3.8, 4) is 0 Å². The van der Waals surface area contributed by atoms with Crippen LogP contribution in [-0.2, 0) is 23.0 Å². The van der Waals surface area contributed by atoms with Gasteiger partial charge >= 0.3 is 0 Å². The van der Waals surface area contributed by atoms with Gasteiger partial charge < -0.3 is 9.64 Å². The molecule has 3 heterocycles. The van der Waals surface area contributed by atoms with Crippen molar-refractivity contribution in [2.75, 3.05) is 32.8 Å². The van der Waals surface area contributed by atoms with E-state index in [4.69, 9.17) is 4.74 Å². The van der Waals surface area contributed by atoms with Crippen LogP contribution in [0.2, 0.25) is 0 Å². The highest BCUT2D eigenvalue weighted by Gasteiger charge is 2.34. The normalized spacial score (nSPS) is 25.5. The van der Waals surface area contributed by atoms with E-state index in [0.29, 0.717) is 18.5 Å². The standard InChI is InChI=1S/C17H28N4O2/c1-12-10-23-11-15-9-20(7-8-21(12)15)17(22)6-5-16-13(2)18-19(4)14(16)3/h12,15H,5-11H2,1-4H3/t12-,15+/m0/s1. The SMILES string of the molecule is Cc1nn(C)c(C)c1CCC(=O)N1CCN2[C@@H](COC[C@@H]2C)C1. The van der Waals surface area contributed by atoms with Crippen LogP contribution < -0.4 is 0 Å². The Morgan fingerprint density at radius 2 is 2.09 bits per heavy atom. The minimum atomic E-state index is 0.255. The minimum absolute atomic E-state index is 0.255. The first-order valence-electron chi connectivity index (χ1n) is 8.57. The molecule has 0 saturated carbocycles. The Labute approximate surface area is 138 Å². The highest BCUT2D eigenvalue weighted by atomic mass is 16.5. The molecule has 0 radical (unpaired) electrons. The summed E-state index contributed by atoms with van der Waals surface area (Å²) < 4.78 is 7.55. The molecule has 0 unspecified atom stereocenters. The van der Waals surface area contributed by atoms with Gasteiger partial charge in [-0.05, 0) is 32.8 Å². The third kappa shape index (κ3) is 3.28. The molecule has 0 spiro atoms. The third-order valence-corrected chi connectivity index (χ3v) is 5.36. The van der Waals surface area contributed by atoms with Crippen LogP contribution in [0.3, 0.4) is 0 Å². The number of amides is 1. The number of fused-ring (bicyclic) bond motifs is 1. The number of carbonyl (C=O) groups is 1. The molecule has 1 aromatic rings. The molecule has 2 atom stereocenters. The first kappa shape index (κ1) is 16.5. The van der Waals surface area contributed by atoms with Crippen LogP contribution in [-0.4, -0.2) is 70.4 Å². The van der Waals surface area contributed by atoms with Crippen LogP contribution in [0.1, 0.15) is 30.3 Å². The van der Waals surface area contributed by atoms with Crippen molar-refractivity contribution < 1.29 is 9.53 Å². The van der Waals surface area contributed by atoms with Gasteiger partial charge in [0.25, 0.3) is 0 Å². The highest BCUT2D eigenvalue weighted by molar-refractivity contribution is 5.76. The third-order valence-electron chi connectivity index (χ3n) is 5.36. The molecule has 128 valence electrons. The molecule has 6 heteroatoms. The zero-order valence-electron chi connectivity index (χ0n) is 14.7. The van der Waals surface area contributed by atoms with Gasteiger partial charge in [0.2, 0.25) is 5.91 Å². The number of rotatable bonds is 3. The van der Waals surface area contributed by atoms with Crippen LogP contribution in [0, 0.1) is 13.8 Å². The van der Waals surface area contributed by atoms with Crippen molar-refractivity contribution in [3.05, 3.63) is 17.0 Å². The summed E-state index contributed by atoms with van der Waals surface area (Å²) in [6.45, 7) is 10.5. The average Bonchev–Trinajstić information content (AvgIpc) is 2.77. The smallest absolute Gasteiger partial charge is 0.223 e. The van der Waals surface area contributed by atoms with Gasteiger partial charge in [-0.1, -0.05) is 0 Å². The van der Waals surface area contributed by atoms with E-state index in [0.717, 1.165) is 50.7 Å². The van der Waals surface area contributed by atoms with Gasteiger partial charge in [-0.15, -0.1) is 0 Å². The van der Waals surface area contributed by atoms with E-state index in [9.17, 15) is 4.79 Å². The van der Waals surface area contributed by atoms with E-state index in [1.54, 1.807) is 0 Å². The van der Waals surface area contributed by atoms with Gasteiger partial charge in [0.15, 0.2) is 0 Å². The van der Waals surface area contributed by atoms with Crippen LogP contribution in [0.25, 0.3) is 0 Å². The number of carbonyl (C=O) groups excluding carboxylic acids is 1. The first-order chi connectivity index (χ1) is 11.0. The summed E-state index contributed by atoms with van der Waals surface area (Å²) in [5, 5.41) is 4.43. The molecule has 1 amide bonds. The Balaban J connectivity index is 1.57. The Kier molecular flexibility index (Phi) is 4.73. The zero-order valence-corrected chi connectivity index (χ0v) is 14.7. The average molecular weight is 320 g/mol. The Morgan fingerprint density at radius 1 is 1.30 bits per heavy atom. The molecule has 2 saturated heterocycles. The molecule has 6 nitrogen and oxygen atoms in total. The van der Waals surface area contributed by atoms with Gasteiger partial charge in [-0.25, -0.2) is 0 Å². The lowest BCUT2D eigenvalue weighted by Gasteiger charge is -2.47. The van der Waals surface area contributed by atoms with Gasteiger partial charge in [0.1, 0.15) is 0 Å². The van der Waals surface area contributed by atoms with Gasteiger partial charge in [-0.3, -0.25) is 14.4 Å². The number of morpholine rings is 1. The monoisotopic (exact) mass is 320 g/mol. The minimum Gasteiger partial charge on any atom is -0.378 e. The quantitative estimate of drug-likeness (QED) is 0.830. The summed E-state index contributed by atoms with van der Waals surface area (Å²) in [7, 11) is 1.96. The second-order valence-electron chi connectivity index (χ2n) is 6.89. The lowest BCUT2D eigenvalue weighted by atomic mass is 10.0. The first-order valence-corrected chi connectivity index (χ1v) is 8.57. The molecule has 0 aromatic carbocycles. The van der Waals surface area contributed by atoms with E-state index in [-0.39, 0.29) is 5.91 Å². The molecule has 0 aliphatic carbocycles. The maximum Gasteiger partial charge on any atom is 0.223 e. The number of hydrogen-bond acceptors (Lipinski definition) is 4. The van der Waals surface area contributed by atoms with Crippen molar-refractivity contribution in [1.82, 2.24) is 19.6 Å². The molecular formula is C17H28N4O2. The maximum absolute atomic E-state index is 12.6. The molecule has 23 heavy (non-hydrogen) atoms. The highest BCUT2D eigenvalue weighted by Crippen LogP contribution is 2.20. The number of piperazine rings is 1. The number of aryl methyl sites for hydroxylation is 2. The number of ether oxygens (including phenoxy) is 1. The van der Waals surface area contributed by atoms with Crippen molar-refractivity contribution in [2.24, 2.45) is 7.05 Å². The predicted molar refractivity (Wildman–Crippen MR) is 88.4 cm³/mol. The summed E-state index contributed by atoms with van der Waals surface area (Å²) in [5.74, 6) is 0.255. The molecule has 0 N–H and O–H groups in total. The topological polar surface area (TPSA) is 50.6 Å². The van der Waals surface area contributed by atoms with E-state index >= 15 is 0 Å². The molecule has 2 aliphatic rings. The molecular weight excluding hydrogens is 292 g/mol. The summed E-state index contributed by atoms with van der Waals surface area (Å²) >= 11 is 0. The van der Waals surface area contributed by atoms with Gasteiger partial charge in [0.05, 0.1) is 24.9 Å². The summed E-state index contributed by atoms with van der Waals surface area (Å²) in [5.41, 5.74) is 3.42. The largest absolute Gasteiger partial charge is 0.378 e. The maximum atomic E-state index is 12.6. The number of aromatic nitrogens is 2. The molecule has 3 rings (SSSR count). The second kappa shape index (κ2) is 6.61. The lowest BCUT2D eigenvalue weighted by molar-refractivity contribution is -0.139. The Bertz CT molecular complexity index is 583. The van der Waals surface area contributed by atoms with E-state index < -0.39 is 0 Å². The van der Waals surface area contributed by atoms with Crippen LogP contribution >= 0.6 is 0 Å². The Hall–Kier alpha value is -1.40. The summed E-state index contributed by atoms with van der Waals surface area (Å²) in [6, 6.07) is 0.824. The van der Waals surface area contributed by atoms with Gasteiger partial charge in [0, 0.05) is 44.8 Å². The Morgan fingerprint density at radius 3 is 2.78 bits per heavy atom. The molecule has 2 fully saturated rings. The fraction of sp³-hybridized carbons (Fsp3) is 0.765. The number of hydrogen-bond donors (Lipinski definition) is 0. The lowest BCUT2D eigenvalue weighted by Crippen LogP contribution is -2.62.